The molecule has 0 amide bonds. The summed E-state index contributed by atoms with van der Waals surface area (Å²) >= 11 is 9.33. The standard InChI is InChI=1S/C14H12BrClO/c15-14(10-11-4-2-1-3-5-11)17-13-8-6-12(16)7-9-13/h1-9,14H,10H2. The van der Waals surface area contributed by atoms with Gasteiger partial charge in [-0.2, -0.15) is 0 Å². The molecule has 0 radical (unpaired) electrons. The van der Waals surface area contributed by atoms with Gasteiger partial charge in [-0.3, -0.25) is 0 Å². The molecule has 1 nitrogen and oxygen atoms in total. The lowest BCUT2D eigenvalue weighted by atomic mass is 10.2. The summed E-state index contributed by atoms with van der Waals surface area (Å²) in [6.45, 7) is 0. The molecular weight excluding hydrogens is 300 g/mol. The summed E-state index contributed by atoms with van der Waals surface area (Å²) < 4.78 is 5.73. The minimum atomic E-state index is -0.0360. The van der Waals surface area contributed by atoms with Crippen LogP contribution in [0.1, 0.15) is 5.56 Å². The highest BCUT2D eigenvalue weighted by Crippen LogP contribution is 2.20. The van der Waals surface area contributed by atoms with Crippen LogP contribution in [0.4, 0.5) is 0 Å². The lowest BCUT2D eigenvalue weighted by Gasteiger charge is -2.13. The van der Waals surface area contributed by atoms with Gasteiger partial charge in [0.1, 0.15) is 5.75 Å². The van der Waals surface area contributed by atoms with Gasteiger partial charge in [0.2, 0.25) is 0 Å². The molecule has 0 aliphatic carbocycles. The Morgan fingerprint density at radius 2 is 1.65 bits per heavy atom. The van der Waals surface area contributed by atoms with E-state index in [1.54, 1.807) is 0 Å². The molecule has 0 aliphatic rings. The van der Waals surface area contributed by atoms with Crippen molar-refractivity contribution >= 4 is 27.5 Å². The first-order valence-electron chi connectivity index (χ1n) is 5.34. The van der Waals surface area contributed by atoms with Gasteiger partial charge in [-0.25, -0.2) is 0 Å². The van der Waals surface area contributed by atoms with Crippen molar-refractivity contribution in [3.05, 3.63) is 65.2 Å². The molecule has 0 spiro atoms. The normalized spacial score (nSPS) is 12.1. The highest BCUT2D eigenvalue weighted by molar-refractivity contribution is 9.09. The van der Waals surface area contributed by atoms with Crippen LogP contribution < -0.4 is 4.74 Å². The summed E-state index contributed by atoms with van der Waals surface area (Å²) in [5.74, 6) is 0.812. The predicted octanol–water partition coefficient (Wildman–Crippen LogP) is 4.68. The van der Waals surface area contributed by atoms with E-state index in [9.17, 15) is 0 Å². The fourth-order valence-corrected chi connectivity index (χ4v) is 2.22. The second-order valence-electron chi connectivity index (χ2n) is 3.67. The molecule has 1 atom stereocenters. The molecule has 0 bridgehead atoms. The topological polar surface area (TPSA) is 9.23 Å². The van der Waals surface area contributed by atoms with Crippen LogP contribution in [0.3, 0.4) is 0 Å². The largest absolute Gasteiger partial charge is 0.479 e. The van der Waals surface area contributed by atoms with Gasteiger partial charge in [-0.1, -0.05) is 41.9 Å². The van der Waals surface area contributed by atoms with Crippen LogP contribution in [0.2, 0.25) is 5.02 Å². The molecule has 2 rings (SSSR count). The van der Waals surface area contributed by atoms with Crippen molar-refractivity contribution in [3.63, 3.8) is 0 Å². The summed E-state index contributed by atoms with van der Waals surface area (Å²) in [7, 11) is 0. The first-order valence-corrected chi connectivity index (χ1v) is 6.63. The summed E-state index contributed by atoms with van der Waals surface area (Å²) in [6, 6.07) is 17.6. The van der Waals surface area contributed by atoms with Crippen molar-refractivity contribution in [1.29, 1.82) is 0 Å². The number of rotatable bonds is 4. The fraction of sp³-hybridized carbons (Fsp3) is 0.143. The second kappa shape index (κ2) is 6.08. The number of hydrogen-bond donors (Lipinski definition) is 0. The van der Waals surface area contributed by atoms with Crippen molar-refractivity contribution in [2.75, 3.05) is 0 Å². The molecular formula is C14H12BrClO. The molecule has 0 heterocycles. The number of benzene rings is 2. The third-order valence-corrected chi connectivity index (χ3v) is 3.08. The minimum Gasteiger partial charge on any atom is -0.479 e. The van der Waals surface area contributed by atoms with Crippen LogP contribution in [-0.2, 0) is 6.42 Å². The Labute approximate surface area is 115 Å². The maximum atomic E-state index is 5.81. The van der Waals surface area contributed by atoms with Gasteiger partial charge in [0.05, 0.1) is 0 Å². The molecule has 0 saturated carbocycles. The maximum Gasteiger partial charge on any atom is 0.157 e. The van der Waals surface area contributed by atoms with E-state index < -0.39 is 0 Å². The van der Waals surface area contributed by atoms with Crippen molar-refractivity contribution in [2.45, 2.75) is 11.4 Å². The summed E-state index contributed by atoms with van der Waals surface area (Å²) in [4.78, 5) is 0. The molecule has 0 saturated heterocycles. The van der Waals surface area contributed by atoms with Crippen LogP contribution in [0.5, 0.6) is 5.75 Å². The smallest absolute Gasteiger partial charge is 0.157 e. The Hall–Kier alpha value is -0.990. The van der Waals surface area contributed by atoms with E-state index in [-0.39, 0.29) is 5.01 Å². The van der Waals surface area contributed by atoms with Crippen LogP contribution >= 0.6 is 27.5 Å². The first kappa shape index (κ1) is 12.5. The van der Waals surface area contributed by atoms with Crippen LogP contribution in [-0.4, -0.2) is 5.01 Å². The Morgan fingerprint density at radius 3 is 2.29 bits per heavy atom. The fourth-order valence-electron chi connectivity index (χ4n) is 1.50. The first-order chi connectivity index (χ1) is 8.24. The summed E-state index contributed by atoms with van der Waals surface area (Å²) in [6.07, 6.45) is 0.823. The average Bonchev–Trinajstić information content (AvgIpc) is 2.33. The number of alkyl halides is 1. The Kier molecular flexibility index (Phi) is 4.46. The van der Waals surface area contributed by atoms with E-state index in [0.29, 0.717) is 5.02 Å². The molecule has 2 aromatic carbocycles. The number of halogens is 2. The van der Waals surface area contributed by atoms with E-state index in [1.807, 2.05) is 42.5 Å². The van der Waals surface area contributed by atoms with Gasteiger partial charge in [0, 0.05) is 11.4 Å². The quantitative estimate of drug-likeness (QED) is 0.745. The molecule has 0 N–H and O–H groups in total. The van der Waals surface area contributed by atoms with Crippen molar-refractivity contribution in [2.24, 2.45) is 0 Å². The minimum absolute atomic E-state index is 0.0360. The highest BCUT2D eigenvalue weighted by atomic mass is 79.9. The average molecular weight is 312 g/mol. The second-order valence-corrected chi connectivity index (χ2v) is 5.13. The van der Waals surface area contributed by atoms with Gasteiger partial charge in [-0.05, 0) is 45.8 Å². The summed E-state index contributed by atoms with van der Waals surface area (Å²) in [5, 5.41) is 0.678. The molecule has 17 heavy (non-hydrogen) atoms. The van der Waals surface area contributed by atoms with Crippen LogP contribution in [0.15, 0.2) is 54.6 Å². The molecule has 0 aromatic heterocycles. The van der Waals surface area contributed by atoms with Crippen molar-refractivity contribution in [1.82, 2.24) is 0 Å². The van der Waals surface area contributed by atoms with Gasteiger partial charge < -0.3 is 4.74 Å². The SMILES string of the molecule is Clc1ccc(OC(Br)Cc2ccccc2)cc1. The third kappa shape index (κ3) is 4.06. The highest BCUT2D eigenvalue weighted by Gasteiger charge is 2.06. The zero-order valence-electron chi connectivity index (χ0n) is 9.14. The Bertz CT molecular complexity index is 455. The maximum absolute atomic E-state index is 5.81. The molecule has 2 aromatic rings. The molecule has 0 aliphatic heterocycles. The van der Waals surface area contributed by atoms with E-state index >= 15 is 0 Å². The number of hydrogen-bond acceptors (Lipinski definition) is 1. The molecule has 3 heteroatoms. The van der Waals surface area contributed by atoms with Gasteiger partial charge in [0.15, 0.2) is 5.01 Å². The summed E-state index contributed by atoms with van der Waals surface area (Å²) in [5.41, 5.74) is 1.24. The lowest BCUT2D eigenvalue weighted by molar-refractivity contribution is 0.295. The Balaban J connectivity index is 1.93. The molecule has 1 unspecified atom stereocenters. The van der Waals surface area contributed by atoms with Gasteiger partial charge in [-0.15, -0.1) is 0 Å². The monoisotopic (exact) mass is 310 g/mol. The van der Waals surface area contributed by atoms with E-state index in [2.05, 4.69) is 28.1 Å². The van der Waals surface area contributed by atoms with Crippen LogP contribution in [0, 0.1) is 0 Å². The van der Waals surface area contributed by atoms with Crippen molar-refractivity contribution in [3.8, 4) is 5.75 Å². The molecule has 88 valence electrons. The third-order valence-electron chi connectivity index (χ3n) is 2.32. The zero-order chi connectivity index (χ0) is 12.1. The predicted molar refractivity (Wildman–Crippen MR) is 74.9 cm³/mol. The van der Waals surface area contributed by atoms with E-state index in [4.69, 9.17) is 16.3 Å². The molecule has 0 fully saturated rings. The van der Waals surface area contributed by atoms with Crippen LogP contribution in [0.25, 0.3) is 0 Å². The van der Waals surface area contributed by atoms with E-state index in [1.165, 1.54) is 5.56 Å². The lowest BCUT2D eigenvalue weighted by Crippen LogP contribution is -2.11. The van der Waals surface area contributed by atoms with Gasteiger partial charge in [0.25, 0.3) is 0 Å². The Morgan fingerprint density at radius 1 is 1.00 bits per heavy atom. The zero-order valence-corrected chi connectivity index (χ0v) is 11.5. The van der Waals surface area contributed by atoms with Gasteiger partial charge >= 0.3 is 0 Å². The van der Waals surface area contributed by atoms with E-state index in [0.717, 1.165) is 12.2 Å². The number of ether oxygens (including phenoxy) is 1. The van der Waals surface area contributed by atoms with Crippen molar-refractivity contribution < 1.29 is 4.74 Å².